The largest absolute Gasteiger partial charge is 0.544 e. The van der Waals surface area contributed by atoms with Crippen molar-refractivity contribution in [1.29, 1.82) is 0 Å². The molecule has 0 spiro atoms. The van der Waals surface area contributed by atoms with E-state index in [0.717, 1.165) is 3.57 Å². The topological polar surface area (TPSA) is 46.5 Å². The van der Waals surface area contributed by atoms with Crippen LogP contribution in [0.2, 0.25) is 19.6 Å². The Hall–Kier alpha value is -0.563. The number of rotatable bonds is 3. The standard InChI is InChI=1S/C10H13IO3Si/c1-15(2,3)14-9-6-7(11)4-5-8(9)10(12)13/h4-6H,1-3H3,(H,12,13). The second kappa shape index (κ2) is 4.52. The van der Waals surface area contributed by atoms with Crippen LogP contribution in [0, 0.1) is 3.57 Å². The van der Waals surface area contributed by atoms with Crippen LogP contribution >= 0.6 is 22.6 Å². The molecule has 0 amide bonds. The van der Waals surface area contributed by atoms with Crippen LogP contribution in [-0.2, 0) is 0 Å². The van der Waals surface area contributed by atoms with Crippen molar-refractivity contribution in [1.82, 2.24) is 0 Å². The van der Waals surface area contributed by atoms with Gasteiger partial charge in [0.1, 0.15) is 11.3 Å². The zero-order valence-corrected chi connectivity index (χ0v) is 12.0. The van der Waals surface area contributed by atoms with Gasteiger partial charge in [0.2, 0.25) is 8.32 Å². The molecule has 0 saturated carbocycles. The monoisotopic (exact) mass is 336 g/mol. The lowest BCUT2D eigenvalue weighted by Crippen LogP contribution is -2.30. The molecule has 82 valence electrons. The fourth-order valence-electron chi connectivity index (χ4n) is 1.09. The molecule has 0 aliphatic rings. The highest BCUT2D eigenvalue weighted by atomic mass is 127. The molecule has 15 heavy (non-hydrogen) atoms. The molecule has 0 aromatic heterocycles. The van der Waals surface area contributed by atoms with E-state index < -0.39 is 14.3 Å². The average molecular weight is 336 g/mol. The Morgan fingerprint density at radius 3 is 2.47 bits per heavy atom. The first-order valence-electron chi connectivity index (χ1n) is 4.51. The summed E-state index contributed by atoms with van der Waals surface area (Å²) in [6.45, 7) is 6.08. The van der Waals surface area contributed by atoms with E-state index in [4.69, 9.17) is 9.53 Å². The zero-order chi connectivity index (χ0) is 11.6. The summed E-state index contributed by atoms with van der Waals surface area (Å²) in [5, 5.41) is 8.99. The zero-order valence-electron chi connectivity index (χ0n) is 8.87. The summed E-state index contributed by atoms with van der Waals surface area (Å²) in [6, 6.07) is 5.11. The highest BCUT2D eigenvalue weighted by Gasteiger charge is 2.20. The van der Waals surface area contributed by atoms with Crippen LogP contribution in [-0.4, -0.2) is 19.4 Å². The normalized spacial score (nSPS) is 11.2. The Morgan fingerprint density at radius 1 is 1.40 bits per heavy atom. The van der Waals surface area contributed by atoms with Crippen molar-refractivity contribution in [2.24, 2.45) is 0 Å². The van der Waals surface area contributed by atoms with Gasteiger partial charge in [0.05, 0.1) is 0 Å². The van der Waals surface area contributed by atoms with Gasteiger partial charge in [-0.3, -0.25) is 0 Å². The molecule has 0 radical (unpaired) electrons. The van der Waals surface area contributed by atoms with Gasteiger partial charge in [-0.25, -0.2) is 4.79 Å². The maximum atomic E-state index is 11.0. The average Bonchev–Trinajstić information content (AvgIpc) is 1.99. The molecule has 1 rings (SSSR count). The number of hydrogen-bond donors (Lipinski definition) is 1. The lowest BCUT2D eigenvalue weighted by atomic mass is 10.2. The lowest BCUT2D eigenvalue weighted by molar-refractivity contribution is 0.0695. The fraction of sp³-hybridized carbons (Fsp3) is 0.300. The number of halogens is 1. The minimum absolute atomic E-state index is 0.234. The highest BCUT2D eigenvalue weighted by Crippen LogP contribution is 2.24. The molecule has 1 aromatic carbocycles. The first-order valence-corrected chi connectivity index (χ1v) is 9.00. The summed E-state index contributed by atoms with van der Waals surface area (Å²) >= 11 is 2.14. The van der Waals surface area contributed by atoms with Gasteiger partial charge >= 0.3 is 5.97 Å². The Kier molecular flexibility index (Phi) is 3.77. The van der Waals surface area contributed by atoms with E-state index >= 15 is 0 Å². The van der Waals surface area contributed by atoms with E-state index in [0.29, 0.717) is 5.75 Å². The summed E-state index contributed by atoms with van der Waals surface area (Å²) in [6.07, 6.45) is 0. The van der Waals surface area contributed by atoms with Crippen molar-refractivity contribution < 1.29 is 14.3 Å². The summed E-state index contributed by atoms with van der Waals surface area (Å²) < 4.78 is 6.71. The van der Waals surface area contributed by atoms with Gasteiger partial charge in [0.15, 0.2) is 0 Å². The van der Waals surface area contributed by atoms with Crippen molar-refractivity contribution >= 4 is 36.9 Å². The molecule has 5 heteroatoms. The van der Waals surface area contributed by atoms with Crippen molar-refractivity contribution in [3.63, 3.8) is 0 Å². The van der Waals surface area contributed by atoms with Crippen LogP contribution in [0.5, 0.6) is 5.75 Å². The van der Waals surface area contributed by atoms with Gasteiger partial charge in [0, 0.05) is 3.57 Å². The molecule has 0 bridgehead atoms. The van der Waals surface area contributed by atoms with E-state index in [1.165, 1.54) is 0 Å². The summed E-state index contributed by atoms with van der Waals surface area (Å²) in [5.74, 6) is -0.465. The Morgan fingerprint density at radius 2 is 2.00 bits per heavy atom. The maximum absolute atomic E-state index is 11.0. The molecule has 0 fully saturated rings. The first kappa shape index (κ1) is 12.5. The minimum Gasteiger partial charge on any atom is -0.544 e. The van der Waals surface area contributed by atoms with Gasteiger partial charge in [-0.05, 0) is 60.4 Å². The van der Waals surface area contributed by atoms with E-state index in [9.17, 15) is 4.79 Å². The number of benzene rings is 1. The SMILES string of the molecule is C[Si](C)(C)Oc1cc(I)ccc1C(=O)O. The molecular formula is C10H13IO3Si. The number of carboxylic acids is 1. The Bertz CT molecular complexity index is 385. The Labute approximate surface area is 104 Å². The maximum Gasteiger partial charge on any atom is 0.339 e. The smallest absolute Gasteiger partial charge is 0.339 e. The molecule has 0 aliphatic heterocycles. The fourth-order valence-corrected chi connectivity index (χ4v) is 2.38. The summed E-state index contributed by atoms with van der Waals surface area (Å²) in [4.78, 5) is 11.0. The first-order chi connectivity index (χ1) is 6.79. The second-order valence-electron chi connectivity index (χ2n) is 4.16. The van der Waals surface area contributed by atoms with Crippen LogP contribution in [0.4, 0.5) is 0 Å². The van der Waals surface area contributed by atoms with Gasteiger partial charge in [0.25, 0.3) is 0 Å². The molecule has 1 aromatic rings. The van der Waals surface area contributed by atoms with E-state index in [2.05, 4.69) is 22.6 Å². The van der Waals surface area contributed by atoms with Crippen molar-refractivity contribution in [2.75, 3.05) is 0 Å². The van der Waals surface area contributed by atoms with Gasteiger partial charge in [-0.2, -0.15) is 0 Å². The number of carboxylic acid groups (broad SMARTS) is 1. The van der Waals surface area contributed by atoms with Crippen molar-refractivity contribution in [3.8, 4) is 5.75 Å². The molecular weight excluding hydrogens is 323 g/mol. The van der Waals surface area contributed by atoms with Crippen LogP contribution < -0.4 is 4.43 Å². The molecule has 0 heterocycles. The van der Waals surface area contributed by atoms with E-state index in [1.807, 2.05) is 19.6 Å². The number of aromatic carboxylic acids is 1. The molecule has 0 saturated heterocycles. The minimum atomic E-state index is -1.76. The third-order valence-corrected chi connectivity index (χ3v) is 3.09. The predicted molar refractivity (Wildman–Crippen MR) is 70.1 cm³/mol. The van der Waals surface area contributed by atoms with Crippen molar-refractivity contribution in [3.05, 3.63) is 27.3 Å². The summed E-state index contributed by atoms with van der Waals surface area (Å²) in [7, 11) is -1.76. The quantitative estimate of drug-likeness (QED) is 0.681. The molecule has 3 nitrogen and oxygen atoms in total. The molecule has 0 unspecified atom stereocenters. The van der Waals surface area contributed by atoms with Crippen LogP contribution in [0.15, 0.2) is 18.2 Å². The number of hydrogen-bond acceptors (Lipinski definition) is 2. The second-order valence-corrected chi connectivity index (χ2v) is 9.83. The van der Waals surface area contributed by atoms with E-state index in [-0.39, 0.29) is 5.56 Å². The van der Waals surface area contributed by atoms with Crippen LogP contribution in [0.25, 0.3) is 0 Å². The van der Waals surface area contributed by atoms with E-state index in [1.54, 1.807) is 18.2 Å². The van der Waals surface area contributed by atoms with Gasteiger partial charge in [-0.1, -0.05) is 0 Å². The van der Waals surface area contributed by atoms with Gasteiger partial charge in [-0.15, -0.1) is 0 Å². The third kappa shape index (κ3) is 3.82. The molecule has 0 aliphatic carbocycles. The molecule has 0 atom stereocenters. The third-order valence-electron chi connectivity index (χ3n) is 1.59. The van der Waals surface area contributed by atoms with Crippen molar-refractivity contribution in [2.45, 2.75) is 19.6 Å². The molecule has 1 N–H and O–H groups in total. The van der Waals surface area contributed by atoms with Crippen LogP contribution in [0.3, 0.4) is 0 Å². The van der Waals surface area contributed by atoms with Gasteiger partial charge < -0.3 is 9.53 Å². The highest BCUT2D eigenvalue weighted by molar-refractivity contribution is 14.1. The lowest BCUT2D eigenvalue weighted by Gasteiger charge is -2.20. The van der Waals surface area contributed by atoms with Crippen LogP contribution in [0.1, 0.15) is 10.4 Å². The number of carbonyl (C=O) groups is 1. The summed E-state index contributed by atoms with van der Waals surface area (Å²) in [5.41, 5.74) is 0.234. The Balaban J connectivity index is 3.13. The predicted octanol–water partition coefficient (Wildman–Crippen LogP) is 3.20.